The van der Waals surface area contributed by atoms with Crippen LogP contribution in [0.2, 0.25) is 0 Å². The van der Waals surface area contributed by atoms with Crippen molar-refractivity contribution < 1.29 is 9.59 Å². The Morgan fingerprint density at radius 1 is 1.00 bits per heavy atom. The number of hydrogen-bond donors (Lipinski definition) is 1. The molecular weight excluding hydrogens is 330 g/mol. The van der Waals surface area contributed by atoms with Crippen LogP contribution in [0.3, 0.4) is 0 Å². The lowest BCUT2D eigenvalue weighted by atomic mass is 10.2. The zero-order valence-corrected chi connectivity index (χ0v) is 14.0. The minimum Gasteiger partial charge on any atom is -0.353 e. The number of piperazine rings is 1. The highest BCUT2D eigenvalue weighted by Crippen LogP contribution is 2.21. The molecule has 1 saturated heterocycles. The van der Waals surface area contributed by atoms with Crippen LogP contribution < -0.4 is 5.32 Å². The van der Waals surface area contributed by atoms with Gasteiger partial charge in [0.25, 0.3) is 5.91 Å². The van der Waals surface area contributed by atoms with E-state index in [-0.39, 0.29) is 24.2 Å². The van der Waals surface area contributed by atoms with Crippen molar-refractivity contribution in [2.45, 2.75) is 0 Å². The molecule has 1 fully saturated rings. The molecule has 0 spiro atoms. The van der Waals surface area contributed by atoms with Crippen molar-refractivity contribution in [1.82, 2.24) is 25.0 Å². The quantitative estimate of drug-likeness (QED) is 0.779. The largest absolute Gasteiger partial charge is 0.353 e. The molecule has 0 bridgehead atoms. The maximum Gasteiger partial charge on any atom is 0.294 e. The van der Waals surface area contributed by atoms with Crippen LogP contribution in [-0.2, 0) is 4.79 Å². The summed E-state index contributed by atoms with van der Waals surface area (Å²) in [6, 6.07) is 19.1. The summed E-state index contributed by atoms with van der Waals surface area (Å²) in [6.07, 6.45) is 0. The van der Waals surface area contributed by atoms with Crippen molar-refractivity contribution in [2.75, 3.05) is 19.6 Å². The molecule has 1 N–H and O–H groups in total. The topological polar surface area (TPSA) is 80.1 Å². The van der Waals surface area contributed by atoms with Gasteiger partial charge < -0.3 is 10.2 Å². The molecule has 0 unspecified atom stereocenters. The zero-order valence-electron chi connectivity index (χ0n) is 14.0. The van der Waals surface area contributed by atoms with E-state index in [1.54, 1.807) is 4.68 Å². The summed E-state index contributed by atoms with van der Waals surface area (Å²) >= 11 is 0. The third-order valence-electron chi connectivity index (χ3n) is 4.16. The van der Waals surface area contributed by atoms with Crippen molar-refractivity contribution in [3.8, 4) is 17.1 Å². The third kappa shape index (κ3) is 3.06. The van der Waals surface area contributed by atoms with Gasteiger partial charge in [0, 0.05) is 18.7 Å². The van der Waals surface area contributed by atoms with Gasteiger partial charge in [-0.15, -0.1) is 5.10 Å². The predicted molar refractivity (Wildman–Crippen MR) is 95.7 cm³/mol. The van der Waals surface area contributed by atoms with Crippen LogP contribution in [0.1, 0.15) is 10.6 Å². The average molecular weight is 347 g/mol. The lowest BCUT2D eigenvalue weighted by molar-refractivity contribution is -0.123. The van der Waals surface area contributed by atoms with Gasteiger partial charge >= 0.3 is 0 Å². The molecule has 7 heteroatoms. The molecule has 2 heterocycles. The number of rotatable bonds is 3. The number of aromatic nitrogens is 3. The van der Waals surface area contributed by atoms with Gasteiger partial charge in [0.1, 0.15) is 6.54 Å². The Labute approximate surface area is 150 Å². The number of benzene rings is 2. The molecule has 0 aliphatic carbocycles. The van der Waals surface area contributed by atoms with E-state index in [2.05, 4.69) is 15.4 Å². The van der Waals surface area contributed by atoms with E-state index in [1.165, 1.54) is 4.90 Å². The van der Waals surface area contributed by atoms with Crippen LogP contribution in [0.25, 0.3) is 17.1 Å². The average Bonchev–Trinajstić information content (AvgIpc) is 3.14. The van der Waals surface area contributed by atoms with Crippen LogP contribution in [0, 0.1) is 0 Å². The molecule has 1 aliphatic heterocycles. The molecule has 1 aliphatic rings. The Kier molecular flexibility index (Phi) is 4.18. The maximum absolute atomic E-state index is 12.8. The van der Waals surface area contributed by atoms with Gasteiger partial charge in [-0.1, -0.05) is 48.5 Å². The zero-order chi connectivity index (χ0) is 17.9. The standard InChI is InChI=1S/C19H17N5O2/c25-16-13-23(12-11-20-16)19(26)17-21-18(14-7-3-1-4-8-14)24(22-17)15-9-5-2-6-10-15/h1-10H,11-13H2,(H,20,25). The Bertz CT molecular complexity index is 880. The van der Waals surface area contributed by atoms with E-state index in [0.29, 0.717) is 18.9 Å². The van der Waals surface area contributed by atoms with E-state index in [1.807, 2.05) is 60.7 Å². The minimum absolute atomic E-state index is 0.0272. The van der Waals surface area contributed by atoms with E-state index in [0.717, 1.165) is 11.3 Å². The second-order valence-corrected chi connectivity index (χ2v) is 5.95. The van der Waals surface area contributed by atoms with Crippen molar-refractivity contribution >= 4 is 11.8 Å². The summed E-state index contributed by atoms with van der Waals surface area (Å²) in [7, 11) is 0. The number of para-hydroxylation sites is 1. The maximum atomic E-state index is 12.8. The molecule has 0 saturated carbocycles. The Morgan fingerprint density at radius 3 is 2.38 bits per heavy atom. The normalized spacial score (nSPS) is 14.2. The molecule has 0 atom stereocenters. The number of nitrogens with one attached hydrogen (secondary N) is 1. The fourth-order valence-corrected chi connectivity index (χ4v) is 2.88. The fourth-order valence-electron chi connectivity index (χ4n) is 2.88. The number of carbonyl (C=O) groups is 2. The summed E-state index contributed by atoms with van der Waals surface area (Å²) in [6.45, 7) is 0.917. The Hall–Kier alpha value is -3.48. The first-order chi connectivity index (χ1) is 12.7. The first kappa shape index (κ1) is 16.0. The summed E-state index contributed by atoms with van der Waals surface area (Å²) in [5, 5.41) is 7.15. The molecular formula is C19H17N5O2. The van der Waals surface area contributed by atoms with Crippen LogP contribution in [0.4, 0.5) is 0 Å². The van der Waals surface area contributed by atoms with E-state index < -0.39 is 0 Å². The highest BCUT2D eigenvalue weighted by molar-refractivity contribution is 5.94. The Balaban J connectivity index is 1.76. The van der Waals surface area contributed by atoms with Crippen molar-refractivity contribution in [3.05, 3.63) is 66.5 Å². The summed E-state index contributed by atoms with van der Waals surface area (Å²) < 4.78 is 1.66. The lowest BCUT2D eigenvalue weighted by Crippen LogP contribution is -2.50. The SMILES string of the molecule is O=C1CN(C(=O)c2nc(-c3ccccc3)n(-c3ccccc3)n2)CCN1. The molecule has 7 nitrogen and oxygen atoms in total. The highest BCUT2D eigenvalue weighted by Gasteiger charge is 2.27. The molecule has 1 aromatic heterocycles. The van der Waals surface area contributed by atoms with Gasteiger partial charge in [-0.25, -0.2) is 9.67 Å². The monoisotopic (exact) mass is 347 g/mol. The molecule has 26 heavy (non-hydrogen) atoms. The van der Waals surface area contributed by atoms with Crippen LogP contribution in [0.5, 0.6) is 0 Å². The van der Waals surface area contributed by atoms with Crippen LogP contribution >= 0.6 is 0 Å². The molecule has 3 aromatic rings. The summed E-state index contributed by atoms with van der Waals surface area (Å²) in [5.41, 5.74) is 1.67. The molecule has 130 valence electrons. The van der Waals surface area contributed by atoms with E-state index >= 15 is 0 Å². The Morgan fingerprint density at radius 2 is 1.69 bits per heavy atom. The first-order valence-electron chi connectivity index (χ1n) is 8.36. The van der Waals surface area contributed by atoms with Crippen molar-refractivity contribution in [1.29, 1.82) is 0 Å². The fraction of sp³-hybridized carbons (Fsp3) is 0.158. The molecule has 2 amide bonds. The van der Waals surface area contributed by atoms with Gasteiger partial charge in [-0.3, -0.25) is 9.59 Å². The van der Waals surface area contributed by atoms with E-state index in [4.69, 9.17) is 0 Å². The minimum atomic E-state index is -0.341. The summed E-state index contributed by atoms with van der Waals surface area (Å²) in [5.74, 6) is 0.158. The van der Waals surface area contributed by atoms with Gasteiger partial charge in [0.2, 0.25) is 11.7 Å². The number of amides is 2. The van der Waals surface area contributed by atoms with Crippen LogP contribution in [0.15, 0.2) is 60.7 Å². The number of hydrogen-bond acceptors (Lipinski definition) is 4. The second-order valence-electron chi connectivity index (χ2n) is 5.95. The van der Waals surface area contributed by atoms with Crippen molar-refractivity contribution in [2.24, 2.45) is 0 Å². The number of carbonyl (C=O) groups excluding carboxylic acids is 2. The second kappa shape index (κ2) is 6.79. The van der Waals surface area contributed by atoms with Gasteiger partial charge in [-0.2, -0.15) is 0 Å². The predicted octanol–water partition coefficient (Wildman–Crippen LogP) is 1.51. The van der Waals surface area contributed by atoms with Gasteiger partial charge in [0.05, 0.1) is 5.69 Å². The third-order valence-corrected chi connectivity index (χ3v) is 4.16. The molecule has 0 radical (unpaired) electrons. The molecule has 2 aromatic carbocycles. The number of nitrogens with zero attached hydrogens (tertiary/aromatic N) is 4. The smallest absolute Gasteiger partial charge is 0.294 e. The summed E-state index contributed by atoms with van der Waals surface area (Å²) in [4.78, 5) is 30.3. The van der Waals surface area contributed by atoms with Gasteiger partial charge in [0.15, 0.2) is 5.82 Å². The van der Waals surface area contributed by atoms with E-state index in [9.17, 15) is 9.59 Å². The van der Waals surface area contributed by atoms with Crippen molar-refractivity contribution in [3.63, 3.8) is 0 Å². The first-order valence-corrected chi connectivity index (χ1v) is 8.36. The van der Waals surface area contributed by atoms with Crippen LogP contribution in [-0.4, -0.2) is 51.1 Å². The molecule has 4 rings (SSSR count). The van der Waals surface area contributed by atoms with Gasteiger partial charge in [-0.05, 0) is 12.1 Å². The highest BCUT2D eigenvalue weighted by atomic mass is 16.2. The lowest BCUT2D eigenvalue weighted by Gasteiger charge is -2.25.